The zero-order valence-electron chi connectivity index (χ0n) is 22.6. The van der Waals surface area contributed by atoms with Crippen molar-refractivity contribution in [3.05, 3.63) is 0 Å². The fourth-order valence-corrected chi connectivity index (χ4v) is 3.57. The summed E-state index contributed by atoms with van der Waals surface area (Å²) in [4.78, 5) is 64.6. The maximum atomic E-state index is 13.3. The maximum Gasteiger partial charge on any atom is 0.408 e. The minimum absolute atomic E-state index is 0.0494. The molecule has 1 aliphatic heterocycles. The molecule has 4 atom stereocenters. The van der Waals surface area contributed by atoms with Crippen LogP contribution in [-0.4, -0.2) is 78.1 Å². The van der Waals surface area contributed by atoms with Crippen LogP contribution in [0.4, 0.5) is 4.79 Å². The average molecular weight is 519 g/mol. The third-order valence-corrected chi connectivity index (χ3v) is 5.35. The Kier molecular flexibility index (Phi) is 12.5. The van der Waals surface area contributed by atoms with Gasteiger partial charge in [0.05, 0.1) is 7.11 Å². The number of amides is 4. The summed E-state index contributed by atoms with van der Waals surface area (Å²) in [6.07, 6.45) is 0.313. The molecule has 204 valence electrons. The molecule has 0 radical (unpaired) electrons. The smallest absolute Gasteiger partial charge is 0.408 e. The van der Waals surface area contributed by atoms with E-state index in [1.807, 2.05) is 0 Å². The van der Waals surface area contributed by atoms with Gasteiger partial charge in [-0.05, 0) is 54.4 Å². The van der Waals surface area contributed by atoms with Crippen molar-refractivity contribution < 1.29 is 33.4 Å². The molecule has 0 spiro atoms. The molecule has 0 aromatic rings. The Morgan fingerprint density at radius 2 is 1.57 bits per heavy atom. The monoisotopic (exact) mass is 518 g/mol. The average Bonchev–Trinajstić information content (AvgIpc) is 3.32. The van der Waals surface area contributed by atoms with Gasteiger partial charge in [0.1, 0.15) is 29.8 Å². The van der Waals surface area contributed by atoms with Crippen molar-refractivity contribution in [2.24, 2.45) is 0 Å². The Morgan fingerprint density at radius 1 is 0.973 bits per heavy atom. The van der Waals surface area contributed by atoms with Gasteiger partial charge in [-0.25, -0.2) is 9.59 Å². The molecule has 0 saturated carbocycles. The highest BCUT2D eigenvalue weighted by atomic mass is 16.6. The first-order chi connectivity index (χ1) is 17.3. The first-order valence-corrected chi connectivity index (χ1v) is 12.1. The maximum absolute atomic E-state index is 13.3. The molecule has 4 amide bonds. The van der Waals surface area contributed by atoms with E-state index in [2.05, 4.69) is 39.6 Å². The van der Waals surface area contributed by atoms with Gasteiger partial charge in [-0.2, -0.15) is 0 Å². The number of hydrogen-bond acceptors (Lipinski definition) is 7. The molecule has 1 aliphatic rings. The quantitative estimate of drug-likeness (QED) is 0.303. The van der Waals surface area contributed by atoms with Crippen LogP contribution in [0.2, 0.25) is 0 Å². The number of alkyl carbamates (subject to hydrolysis) is 1. The lowest BCUT2D eigenvalue weighted by atomic mass is 10.1. The van der Waals surface area contributed by atoms with Gasteiger partial charge < -0.3 is 30.3 Å². The molecular formula is C26H38N4O7. The SMILES string of the molecule is CC#CC[C@H](NC(=O)[C@H](C)NC(=O)[C@@H]1CCCN1C(=O)[C@H](CC#CC)NC(=O)OC(C)(C)C)C(=O)OC. The largest absolute Gasteiger partial charge is 0.467 e. The number of carbonyl (C=O) groups is 5. The van der Waals surface area contributed by atoms with Gasteiger partial charge in [0.2, 0.25) is 17.7 Å². The number of rotatable bonds is 9. The second kappa shape index (κ2) is 14.7. The summed E-state index contributed by atoms with van der Waals surface area (Å²) >= 11 is 0. The van der Waals surface area contributed by atoms with Crippen LogP contribution in [0.25, 0.3) is 0 Å². The fourth-order valence-electron chi connectivity index (χ4n) is 3.57. The van der Waals surface area contributed by atoms with Crippen LogP contribution in [0.1, 0.15) is 67.2 Å². The van der Waals surface area contributed by atoms with E-state index in [-0.39, 0.29) is 12.8 Å². The Hall–Kier alpha value is -3.73. The zero-order valence-corrected chi connectivity index (χ0v) is 22.6. The molecular weight excluding hydrogens is 480 g/mol. The van der Waals surface area contributed by atoms with Crippen molar-refractivity contribution in [3.63, 3.8) is 0 Å². The second-order valence-electron chi connectivity index (χ2n) is 9.46. The highest BCUT2D eigenvalue weighted by Crippen LogP contribution is 2.20. The van der Waals surface area contributed by atoms with Gasteiger partial charge >= 0.3 is 12.1 Å². The van der Waals surface area contributed by atoms with E-state index in [1.54, 1.807) is 34.6 Å². The van der Waals surface area contributed by atoms with E-state index < -0.39 is 59.6 Å². The van der Waals surface area contributed by atoms with Crippen LogP contribution < -0.4 is 16.0 Å². The van der Waals surface area contributed by atoms with Gasteiger partial charge in [0.15, 0.2) is 0 Å². The lowest BCUT2D eigenvalue weighted by Gasteiger charge is -2.29. The Bertz CT molecular complexity index is 981. The van der Waals surface area contributed by atoms with Crippen molar-refractivity contribution in [1.82, 2.24) is 20.9 Å². The van der Waals surface area contributed by atoms with E-state index in [1.165, 1.54) is 18.9 Å². The van der Waals surface area contributed by atoms with Crippen molar-refractivity contribution in [2.45, 2.75) is 97.0 Å². The molecule has 3 N–H and O–H groups in total. The molecule has 1 heterocycles. The lowest BCUT2D eigenvalue weighted by Crippen LogP contribution is -2.56. The molecule has 1 saturated heterocycles. The van der Waals surface area contributed by atoms with Gasteiger partial charge in [-0.3, -0.25) is 14.4 Å². The van der Waals surface area contributed by atoms with Crippen LogP contribution in [-0.2, 0) is 28.7 Å². The second-order valence-corrected chi connectivity index (χ2v) is 9.46. The van der Waals surface area contributed by atoms with E-state index in [4.69, 9.17) is 9.47 Å². The highest BCUT2D eigenvalue weighted by molar-refractivity contribution is 5.95. The fraction of sp³-hybridized carbons (Fsp3) is 0.654. The van der Waals surface area contributed by atoms with Crippen LogP contribution in [0.5, 0.6) is 0 Å². The van der Waals surface area contributed by atoms with E-state index in [9.17, 15) is 24.0 Å². The summed E-state index contributed by atoms with van der Waals surface area (Å²) in [5.41, 5.74) is -0.753. The topological polar surface area (TPSA) is 143 Å². The van der Waals surface area contributed by atoms with E-state index >= 15 is 0 Å². The molecule has 0 aromatic carbocycles. The molecule has 37 heavy (non-hydrogen) atoms. The van der Waals surface area contributed by atoms with Crippen LogP contribution in [0.15, 0.2) is 0 Å². The first-order valence-electron chi connectivity index (χ1n) is 12.1. The highest BCUT2D eigenvalue weighted by Gasteiger charge is 2.38. The van der Waals surface area contributed by atoms with Crippen LogP contribution in [0.3, 0.4) is 0 Å². The first kappa shape index (κ1) is 31.3. The van der Waals surface area contributed by atoms with Crippen LogP contribution >= 0.6 is 0 Å². The number of hydrogen-bond donors (Lipinski definition) is 3. The number of ether oxygens (including phenoxy) is 2. The van der Waals surface area contributed by atoms with Crippen molar-refractivity contribution in [1.29, 1.82) is 0 Å². The van der Waals surface area contributed by atoms with Crippen LogP contribution in [0, 0.1) is 23.7 Å². The lowest BCUT2D eigenvalue weighted by molar-refractivity contribution is -0.145. The summed E-state index contributed by atoms with van der Waals surface area (Å²) in [7, 11) is 1.20. The Morgan fingerprint density at radius 3 is 2.11 bits per heavy atom. The predicted molar refractivity (Wildman–Crippen MR) is 136 cm³/mol. The molecule has 0 unspecified atom stereocenters. The van der Waals surface area contributed by atoms with Crippen molar-refractivity contribution in [3.8, 4) is 23.7 Å². The minimum Gasteiger partial charge on any atom is -0.467 e. The molecule has 0 bridgehead atoms. The number of methoxy groups -OCH3 is 1. The van der Waals surface area contributed by atoms with Gasteiger partial charge in [-0.15, -0.1) is 23.7 Å². The molecule has 1 rings (SSSR count). The molecule has 0 aliphatic carbocycles. The summed E-state index contributed by atoms with van der Waals surface area (Å²) in [6, 6.07) is -3.80. The zero-order chi connectivity index (χ0) is 28.2. The molecule has 0 aromatic heterocycles. The molecule has 11 nitrogen and oxygen atoms in total. The van der Waals surface area contributed by atoms with Crippen molar-refractivity contribution >= 4 is 29.8 Å². The number of likely N-dealkylation sites (tertiary alicyclic amines) is 1. The van der Waals surface area contributed by atoms with Crippen molar-refractivity contribution in [2.75, 3.05) is 13.7 Å². The summed E-state index contributed by atoms with van der Waals surface area (Å²) < 4.78 is 9.96. The van der Waals surface area contributed by atoms with E-state index in [0.29, 0.717) is 19.4 Å². The third kappa shape index (κ3) is 10.4. The third-order valence-electron chi connectivity index (χ3n) is 5.35. The Balaban J connectivity index is 2.90. The summed E-state index contributed by atoms with van der Waals surface area (Å²) in [5, 5.41) is 7.68. The summed E-state index contributed by atoms with van der Waals surface area (Å²) in [5.74, 6) is 8.62. The standard InChI is InChI=1S/C26H38N4O7/c1-8-10-13-18(29-25(35)37-26(4,5)6)23(33)30-16-12-15-20(30)22(32)27-17(3)21(31)28-19(14-11-9-2)24(34)36-7/h17-20H,12-16H2,1-7H3,(H,27,32)(H,28,31)(H,29,35)/t17-,18-,19-,20-/m0/s1. The van der Waals surface area contributed by atoms with Gasteiger partial charge in [0, 0.05) is 19.4 Å². The number of carbonyl (C=O) groups excluding carboxylic acids is 5. The summed E-state index contributed by atoms with van der Waals surface area (Å²) in [6.45, 7) is 10.1. The van der Waals surface area contributed by atoms with E-state index in [0.717, 1.165) is 0 Å². The minimum atomic E-state index is -1.00. The normalized spacial score (nSPS) is 16.9. The number of nitrogens with one attached hydrogen (secondary N) is 3. The predicted octanol–water partition coefficient (Wildman–Crippen LogP) is 0.860. The van der Waals surface area contributed by atoms with Gasteiger partial charge in [0.25, 0.3) is 0 Å². The molecule has 11 heteroatoms. The number of esters is 1. The van der Waals surface area contributed by atoms with Gasteiger partial charge in [-0.1, -0.05) is 0 Å². The Labute approximate surface area is 218 Å². The molecule has 1 fully saturated rings. The number of nitrogens with zero attached hydrogens (tertiary/aromatic N) is 1.